The molecular formula is C21H22F3NO3. The van der Waals surface area contributed by atoms with Gasteiger partial charge < -0.3 is 14.7 Å². The number of likely N-dealkylation sites (tertiary alicyclic amines) is 1. The molecule has 3 rings (SSSR count). The highest BCUT2D eigenvalue weighted by Crippen LogP contribution is 2.34. The van der Waals surface area contributed by atoms with E-state index in [0.29, 0.717) is 31.7 Å². The first kappa shape index (κ1) is 20.2. The number of carbonyl (C=O) groups excluding carboxylic acids is 1. The molecule has 0 unspecified atom stereocenters. The molecule has 1 atom stereocenters. The number of amides is 1. The van der Waals surface area contributed by atoms with Gasteiger partial charge in [-0.25, -0.2) is 0 Å². The van der Waals surface area contributed by atoms with Crippen LogP contribution >= 0.6 is 0 Å². The van der Waals surface area contributed by atoms with E-state index in [4.69, 9.17) is 9.84 Å². The number of ether oxygens (including phenoxy) is 1. The SMILES string of the molecule is O=C(COc1ccc(CO)cc1)N1CC[C@@H](Cc2ccccc2C(F)(F)F)C1. The number of rotatable bonds is 6. The molecule has 0 radical (unpaired) electrons. The van der Waals surface area contributed by atoms with Crippen LogP contribution in [0.25, 0.3) is 0 Å². The Bertz CT molecular complexity index is 805. The second-order valence-electron chi connectivity index (χ2n) is 6.94. The van der Waals surface area contributed by atoms with Crippen LogP contribution in [0.5, 0.6) is 5.75 Å². The summed E-state index contributed by atoms with van der Waals surface area (Å²) in [5.74, 6) is 0.342. The standard InChI is InChI=1S/C21H22F3NO3/c22-21(23,24)19-4-2-1-3-17(19)11-16-9-10-25(12-16)20(27)14-28-18-7-5-15(13-26)6-8-18/h1-8,16,26H,9-14H2/t16-/m0/s1. The molecule has 1 heterocycles. The minimum Gasteiger partial charge on any atom is -0.484 e. The molecule has 0 spiro atoms. The summed E-state index contributed by atoms with van der Waals surface area (Å²) >= 11 is 0. The zero-order valence-electron chi connectivity index (χ0n) is 15.3. The zero-order valence-corrected chi connectivity index (χ0v) is 15.3. The van der Waals surface area contributed by atoms with Crippen molar-refractivity contribution in [2.24, 2.45) is 5.92 Å². The summed E-state index contributed by atoms with van der Waals surface area (Å²) in [5.41, 5.74) is 0.421. The minimum absolute atomic E-state index is 0.00344. The van der Waals surface area contributed by atoms with Gasteiger partial charge in [-0.15, -0.1) is 0 Å². The van der Waals surface area contributed by atoms with Gasteiger partial charge in [-0.1, -0.05) is 30.3 Å². The van der Waals surface area contributed by atoms with E-state index in [1.807, 2.05) is 0 Å². The topological polar surface area (TPSA) is 49.8 Å². The van der Waals surface area contributed by atoms with Gasteiger partial charge in [-0.3, -0.25) is 4.79 Å². The van der Waals surface area contributed by atoms with Gasteiger partial charge in [0.1, 0.15) is 5.75 Å². The van der Waals surface area contributed by atoms with E-state index in [0.717, 1.165) is 11.6 Å². The van der Waals surface area contributed by atoms with Crippen LogP contribution in [-0.4, -0.2) is 35.6 Å². The number of carbonyl (C=O) groups is 1. The molecule has 1 fully saturated rings. The number of halogens is 3. The number of hydrogen-bond acceptors (Lipinski definition) is 3. The summed E-state index contributed by atoms with van der Waals surface area (Å²) in [6.45, 7) is 0.762. The molecule has 150 valence electrons. The Balaban J connectivity index is 1.53. The molecule has 0 aromatic heterocycles. The highest BCUT2D eigenvalue weighted by molar-refractivity contribution is 5.78. The quantitative estimate of drug-likeness (QED) is 0.815. The maximum atomic E-state index is 13.1. The number of aliphatic hydroxyl groups is 1. The molecule has 7 heteroatoms. The molecule has 0 saturated carbocycles. The average Bonchev–Trinajstić information content (AvgIpc) is 3.14. The van der Waals surface area contributed by atoms with Gasteiger partial charge in [0.2, 0.25) is 0 Å². The molecule has 1 saturated heterocycles. The Labute approximate surface area is 161 Å². The smallest absolute Gasteiger partial charge is 0.416 e. The zero-order chi connectivity index (χ0) is 20.1. The van der Waals surface area contributed by atoms with Gasteiger partial charge >= 0.3 is 6.18 Å². The van der Waals surface area contributed by atoms with Crippen LogP contribution in [0.1, 0.15) is 23.1 Å². The van der Waals surface area contributed by atoms with Crippen LogP contribution < -0.4 is 4.74 Å². The Hall–Kier alpha value is -2.54. The molecule has 28 heavy (non-hydrogen) atoms. The molecule has 1 amide bonds. The van der Waals surface area contributed by atoms with Crippen molar-refractivity contribution in [2.45, 2.75) is 25.6 Å². The number of nitrogens with zero attached hydrogens (tertiary/aromatic N) is 1. The lowest BCUT2D eigenvalue weighted by molar-refractivity contribution is -0.138. The third-order valence-electron chi connectivity index (χ3n) is 4.94. The van der Waals surface area contributed by atoms with Gasteiger partial charge in [0.15, 0.2) is 6.61 Å². The average molecular weight is 393 g/mol. The van der Waals surface area contributed by atoms with Crippen LogP contribution in [0.4, 0.5) is 13.2 Å². The molecule has 4 nitrogen and oxygen atoms in total. The van der Waals surface area contributed by atoms with Crippen molar-refractivity contribution < 1.29 is 27.8 Å². The summed E-state index contributed by atoms with van der Waals surface area (Å²) in [7, 11) is 0. The van der Waals surface area contributed by atoms with Gasteiger partial charge in [-0.2, -0.15) is 13.2 Å². The summed E-state index contributed by atoms with van der Waals surface area (Å²) in [6.07, 6.45) is -3.41. The van der Waals surface area contributed by atoms with Gasteiger partial charge in [0.25, 0.3) is 5.91 Å². The Morgan fingerprint density at radius 3 is 2.54 bits per heavy atom. The van der Waals surface area contributed by atoms with E-state index in [1.54, 1.807) is 35.2 Å². The van der Waals surface area contributed by atoms with Crippen molar-refractivity contribution in [3.8, 4) is 5.75 Å². The summed E-state index contributed by atoms with van der Waals surface area (Å²) in [6, 6.07) is 12.4. The van der Waals surface area contributed by atoms with Crippen LogP contribution in [0.3, 0.4) is 0 Å². The van der Waals surface area contributed by atoms with E-state index >= 15 is 0 Å². The Morgan fingerprint density at radius 2 is 1.86 bits per heavy atom. The number of alkyl halides is 3. The van der Waals surface area contributed by atoms with Gasteiger partial charge in [0.05, 0.1) is 12.2 Å². The fraction of sp³-hybridized carbons (Fsp3) is 0.381. The predicted octanol–water partition coefficient (Wildman–Crippen LogP) is 3.67. The van der Waals surface area contributed by atoms with Gasteiger partial charge in [-0.05, 0) is 48.1 Å². The molecule has 0 bridgehead atoms. The minimum atomic E-state index is -4.37. The maximum absolute atomic E-state index is 13.1. The normalized spacial score (nSPS) is 17.0. The lowest BCUT2D eigenvalue weighted by atomic mass is 9.95. The van der Waals surface area contributed by atoms with Crippen LogP contribution in [0.2, 0.25) is 0 Å². The molecule has 1 aliphatic heterocycles. The highest BCUT2D eigenvalue weighted by Gasteiger charge is 2.34. The van der Waals surface area contributed by atoms with Crippen molar-refractivity contribution in [1.29, 1.82) is 0 Å². The maximum Gasteiger partial charge on any atom is 0.416 e. The second kappa shape index (κ2) is 8.65. The first-order chi connectivity index (χ1) is 13.4. The summed E-state index contributed by atoms with van der Waals surface area (Å²) in [4.78, 5) is 14.0. The molecule has 1 N–H and O–H groups in total. The molecule has 0 aliphatic carbocycles. The Morgan fingerprint density at radius 1 is 1.14 bits per heavy atom. The van der Waals surface area contributed by atoms with E-state index in [2.05, 4.69) is 0 Å². The molecule has 2 aromatic carbocycles. The summed E-state index contributed by atoms with van der Waals surface area (Å²) in [5, 5.41) is 9.02. The fourth-order valence-corrected chi connectivity index (χ4v) is 3.44. The Kier molecular flexibility index (Phi) is 6.24. The first-order valence-electron chi connectivity index (χ1n) is 9.12. The lowest BCUT2D eigenvalue weighted by Crippen LogP contribution is -2.33. The molecular weight excluding hydrogens is 371 g/mol. The summed E-state index contributed by atoms with van der Waals surface area (Å²) < 4.78 is 44.9. The lowest BCUT2D eigenvalue weighted by Gasteiger charge is -2.18. The van der Waals surface area contributed by atoms with Crippen molar-refractivity contribution in [3.05, 3.63) is 65.2 Å². The molecule has 2 aromatic rings. The number of hydrogen-bond donors (Lipinski definition) is 1. The van der Waals surface area contributed by atoms with Crippen LogP contribution in [0, 0.1) is 5.92 Å². The van der Waals surface area contributed by atoms with Crippen molar-refractivity contribution in [2.75, 3.05) is 19.7 Å². The highest BCUT2D eigenvalue weighted by atomic mass is 19.4. The van der Waals surface area contributed by atoms with E-state index in [9.17, 15) is 18.0 Å². The second-order valence-corrected chi connectivity index (χ2v) is 6.94. The molecule has 1 aliphatic rings. The van der Waals surface area contributed by atoms with Crippen LogP contribution in [0.15, 0.2) is 48.5 Å². The van der Waals surface area contributed by atoms with E-state index in [1.165, 1.54) is 12.1 Å². The third kappa shape index (κ3) is 5.04. The number of benzene rings is 2. The van der Waals surface area contributed by atoms with Gasteiger partial charge in [0, 0.05) is 13.1 Å². The van der Waals surface area contributed by atoms with Crippen molar-refractivity contribution in [3.63, 3.8) is 0 Å². The van der Waals surface area contributed by atoms with E-state index in [-0.39, 0.29) is 30.6 Å². The fourth-order valence-electron chi connectivity index (χ4n) is 3.44. The van der Waals surface area contributed by atoms with Crippen molar-refractivity contribution in [1.82, 2.24) is 4.90 Å². The third-order valence-corrected chi connectivity index (χ3v) is 4.94. The largest absolute Gasteiger partial charge is 0.484 e. The number of aliphatic hydroxyl groups excluding tert-OH is 1. The van der Waals surface area contributed by atoms with E-state index < -0.39 is 11.7 Å². The van der Waals surface area contributed by atoms with Crippen molar-refractivity contribution >= 4 is 5.91 Å². The monoisotopic (exact) mass is 393 g/mol. The first-order valence-corrected chi connectivity index (χ1v) is 9.12. The van der Waals surface area contributed by atoms with Crippen LogP contribution in [-0.2, 0) is 24.0 Å². The predicted molar refractivity (Wildman–Crippen MR) is 97.7 cm³/mol.